The Morgan fingerprint density at radius 1 is 1.32 bits per heavy atom. The van der Waals surface area contributed by atoms with Gasteiger partial charge in [-0.2, -0.15) is 10.5 Å². The lowest BCUT2D eigenvalue weighted by Crippen LogP contribution is -2.40. The van der Waals surface area contributed by atoms with Gasteiger partial charge < -0.3 is 10.1 Å². The Kier molecular flexibility index (Phi) is 6.59. The summed E-state index contributed by atoms with van der Waals surface area (Å²) < 4.78 is 5.43. The maximum Gasteiger partial charge on any atom is 0.245 e. The highest BCUT2D eigenvalue weighted by molar-refractivity contribution is 6.05. The first-order valence-electron chi connectivity index (χ1n) is 6.92. The van der Waals surface area contributed by atoms with E-state index in [1.807, 2.05) is 13.0 Å². The second-order valence-electron chi connectivity index (χ2n) is 4.62. The van der Waals surface area contributed by atoms with Crippen molar-refractivity contribution >= 4 is 11.7 Å². The van der Waals surface area contributed by atoms with Gasteiger partial charge >= 0.3 is 0 Å². The molecule has 22 heavy (non-hydrogen) atoms. The van der Waals surface area contributed by atoms with Crippen LogP contribution in [-0.4, -0.2) is 24.3 Å². The molecule has 6 heteroatoms. The Balaban J connectivity index is 2.81. The van der Waals surface area contributed by atoms with Crippen LogP contribution in [0.25, 0.3) is 0 Å². The van der Waals surface area contributed by atoms with E-state index in [-0.39, 0.29) is 11.3 Å². The van der Waals surface area contributed by atoms with Gasteiger partial charge in [0, 0.05) is 6.54 Å². The predicted octanol–water partition coefficient (Wildman–Crippen LogP) is 1.56. The Morgan fingerprint density at radius 2 is 2.00 bits per heavy atom. The number of carbonyl (C=O) groups excluding carboxylic acids is 2. The van der Waals surface area contributed by atoms with Crippen LogP contribution < -0.4 is 10.1 Å². The lowest BCUT2D eigenvalue weighted by molar-refractivity contribution is -0.135. The van der Waals surface area contributed by atoms with Gasteiger partial charge in [-0.25, -0.2) is 0 Å². The summed E-state index contributed by atoms with van der Waals surface area (Å²) in [4.78, 5) is 24.0. The third-order valence-corrected chi connectivity index (χ3v) is 2.94. The van der Waals surface area contributed by atoms with Crippen LogP contribution in [0.3, 0.4) is 0 Å². The number of nitrogens with zero attached hydrogens (tertiary/aromatic N) is 2. The molecule has 0 aliphatic rings. The number of Topliss-reactive ketones (excluding diaryl/α,β-unsaturated/α-hetero) is 1. The summed E-state index contributed by atoms with van der Waals surface area (Å²) in [5.74, 6) is -2.44. The second kappa shape index (κ2) is 8.43. The fraction of sp³-hybridized carbons (Fsp3) is 0.375. The maximum atomic E-state index is 12.2. The van der Waals surface area contributed by atoms with E-state index in [1.165, 1.54) is 6.92 Å². The van der Waals surface area contributed by atoms with Crippen molar-refractivity contribution in [2.24, 2.45) is 5.92 Å². The SMILES string of the molecule is CCCNC(=O)C(C#N)C(=O)C(C)Oc1ccccc1C#N. The molecule has 0 bridgehead atoms. The number of para-hydroxylation sites is 1. The Hall–Kier alpha value is -2.86. The Morgan fingerprint density at radius 3 is 2.59 bits per heavy atom. The van der Waals surface area contributed by atoms with Crippen molar-refractivity contribution in [2.75, 3.05) is 6.54 Å². The van der Waals surface area contributed by atoms with Gasteiger partial charge in [-0.1, -0.05) is 19.1 Å². The molecule has 0 spiro atoms. The number of ketones is 1. The van der Waals surface area contributed by atoms with Crippen LogP contribution in [0.15, 0.2) is 24.3 Å². The van der Waals surface area contributed by atoms with Crippen molar-refractivity contribution in [3.8, 4) is 17.9 Å². The number of nitriles is 2. The number of amides is 1. The molecule has 1 rings (SSSR count). The standard InChI is InChI=1S/C16H17N3O3/c1-3-8-19-16(21)13(10-18)15(20)11(2)22-14-7-5-4-6-12(14)9-17/h4-7,11,13H,3,8H2,1-2H3,(H,19,21). The van der Waals surface area contributed by atoms with Crippen LogP contribution in [0.4, 0.5) is 0 Å². The van der Waals surface area contributed by atoms with Crippen molar-refractivity contribution in [1.29, 1.82) is 10.5 Å². The van der Waals surface area contributed by atoms with E-state index in [4.69, 9.17) is 15.3 Å². The molecule has 2 unspecified atom stereocenters. The van der Waals surface area contributed by atoms with Gasteiger partial charge in [0.15, 0.2) is 17.8 Å². The first kappa shape index (κ1) is 17.2. The number of hydrogen-bond donors (Lipinski definition) is 1. The van der Waals surface area contributed by atoms with Crippen molar-refractivity contribution in [2.45, 2.75) is 26.4 Å². The normalized spacial score (nSPS) is 12.4. The number of rotatable bonds is 7. The van der Waals surface area contributed by atoms with Crippen molar-refractivity contribution < 1.29 is 14.3 Å². The van der Waals surface area contributed by atoms with Gasteiger partial charge in [0.05, 0.1) is 11.6 Å². The predicted molar refractivity (Wildman–Crippen MR) is 78.7 cm³/mol. The highest BCUT2D eigenvalue weighted by Gasteiger charge is 2.31. The van der Waals surface area contributed by atoms with Crippen LogP contribution in [0, 0.1) is 28.6 Å². The van der Waals surface area contributed by atoms with Crippen LogP contribution in [0.5, 0.6) is 5.75 Å². The summed E-state index contributed by atoms with van der Waals surface area (Å²) in [6, 6.07) is 10.1. The zero-order chi connectivity index (χ0) is 16.5. The van der Waals surface area contributed by atoms with Crippen molar-refractivity contribution in [1.82, 2.24) is 5.32 Å². The van der Waals surface area contributed by atoms with Crippen molar-refractivity contribution in [3.63, 3.8) is 0 Å². The van der Waals surface area contributed by atoms with Crippen LogP contribution in [-0.2, 0) is 9.59 Å². The number of benzene rings is 1. The molecular weight excluding hydrogens is 282 g/mol. The summed E-state index contributed by atoms with van der Waals surface area (Å²) in [6.07, 6.45) is -0.300. The molecule has 0 saturated carbocycles. The minimum atomic E-state index is -1.42. The molecule has 1 amide bonds. The largest absolute Gasteiger partial charge is 0.482 e. The molecule has 1 N–H and O–H groups in total. The fourth-order valence-corrected chi connectivity index (χ4v) is 1.75. The highest BCUT2D eigenvalue weighted by Crippen LogP contribution is 2.19. The minimum Gasteiger partial charge on any atom is -0.482 e. The summed E-state index contributed by atoms with van der Waals surface area (Å²) in [5, 5.41) is 20.5. The van der Waals surface area contributed by atoms with Gasteiger partial charge in [-0.05, 0) is 25.5 Å². The average Bonchev–Trinajstić information content (AvgIpc) is 2.53. The molecule has 1 aromatic carbocycles. The smallest absolute Gasteiger partial charge is 0.245 e. The Bertz CT molecular complexity index is 628. The molecule has 0 aliphatic carbocycles. The molecule has 2 atom stereocenters. The molecule has 6 nitrogen and oxygen atoms in total. The van der Waals surface area contributed by atoms with E-state index in [9.17, 15) is 9.59 Å². The first-order chi connectivity index (χ1) is 10.5. The first-order valence-corrected chi connectivity index (χ1v) is 6.92. The number of carbonyl (C=O) groups is 2. The number of ether oxygens (including phenoxy) is 1. The molecule has 1 aromatic rings. The molecule has 0 aromatic heterocycles. The van der Waals surface area contributed by atoms with E-state index in [0.29, 0.717) is 13.0 Å². The van der Waals surface area contributed by atoms with E-state index in [2.05, 4.69) is 5.32 Å². The molecule has 114 valence electrons. The molecule has 0 aliphatic heterocycles. The Labute approximate surface area is 129 Å². The van der Waals surface area contributed by atoms with Gasteiger partial charge in [0.2, 0.25) is 5.91 Å². The van der Waals surface area contributed by atoms with Crippen LogP contribution in [0.1, 0.15) is 25.8 Å². The van der Waals surface area contributed by atoms with Crippen LogP contribution in [0.2, 0.25) is 0 Å². The molecule has 0 heterocycles. The van der Waals surface area contributed by atoms with E-state index < -0.39 is 23.7 Å². The minimum absolute atomic E-state index is 0.247. The zero-order valence-corrected chi connectivity index (χ0v) is 12.5. The second-order valence-corrected chi connectivity index (χ2v) is 4.62. The molecule has 0 saturated heterocycles. The van der Waals surface area contributed by atoms with Gasteiger partial charge in [0.25, 0.3) is 0 Å². The van der Waals surface area contributed by atoms with Gasteiger partial charge in [0.1, 0.15) is 11.8 Å². The third-order valence-electron chi connectivity index (χ3n) is 2.94. The monoisotopic (exact) mass is 299 g/mol. The lowest BCUT2D eigenvalue weighted by atomic mass is 10.0. The van der Waals surface area contributed by atoms with Crippen LogP contribution >= 0.6 is 0 Å². The lowest BCUT2D eigenvalue weighted by Gasteiger charge is -2.17. The van der Waals surface area contributed by atoms with E-state index in [0.717, 1.165) is 0 Å². The molecular formula is C16H17N3O3. The summed E-state index contributed by atoms with van der Waals surface area (Å²) in [7, 11) is 0. The molecule has 0 fully saturated rings. The quantitative estimate of drug-likeness (QED) is 0.769. The fourth-order valence-electron chi connectivity index (χ4n) is 1.75. The summed E-state index contributed by atoms with van der Waals surface area (Å²) in [6.45, 7) is 3.72. The number of hydrogen-bond acceptors (Lipinski definition) is 5. The zero-order valence-electron chi connectivity index (χ0n) is 12.5. The van der Waals surface area contributed by atoms with E-state index in [1.54, 1.807) is 30.3 Å². The van der Waals surface area contributed by atoms with Gasteiger partial charge in [-0.3, -0.25) is 9.59 Å². The third kappa shape index (κ3) is 4.32. The molecule has 0 radical (unpaired) electrons. The van der Waals surface area contributed by atoms with Crippen molar-refractivity contribution in [3.05, 3.63) is 29.8 Å². The average molecular weight is 299 g/mol. The number of nitrogens with one attached hydrogen (secondary N) is 1. The maximum absolute atomic E-state index is 12.2. The summed E-state index contributed by atoms with van der Waals surface area (Å²) >= 11 is 0. The highest BCUT2D eigenvalue weighted by atomic mass is 16.5. The summed E-state index contributed by atoms with van der Waals surface area (Å²) in [5.41, 5.74) is 0.283. The van der Waals surface area contributed by atoms with Gasteiger partial charge in [-0.15, -0.1) is 0 Å². The topological polar surface area (TPSA) is 103 Å². The van der Waals surface area contributed by atoms with E-state index >= 15 is 0 Å².